The van der Waals surface area contributed by atoms with Crippen molar-refractivity contribution in [3.63, 3.8) is 0 Å². The number of ketones is 1. The summed E-state index contributed by atoms with van der Waals surface area (Å²) in [5.74, 6) is 0.289. The number of hydrogen-bond acceptors (Lipinski definition) is 3. The summed E-state index contributed by atoms with van der Waals surface area (Å²) in [5.41, 5.74) is 8.56. The van der Waals surface area contributed by atoms with Gasteiger partial charge in [-0.1, -0.05) is 0 Å². The Hall–Kier alpha value is -1.68. The molecule has 1 heterocycles. The second-order valence-corrected chi connectivity index (χ2v) is 5.09. The molecule has 4 heteroatoms. The second-order valence-electron chi connectivity index (χ2n) is 5.09. The molecule has 1 aliphatic heterocycles. The fourth-order valence-electron chi connectivity index (χ4n) is 2.79. The molecule has 1 aromatic rings. The number of nitrogens with two attached hydrogens (primary N) is 1. The van der Waals surface area contributed by atoms with Crippen molar-refractivity contribution in [2.45, 2.75) is 31.7 Å². The van der Waals surface area contributed by atoms with Crippen LogP contribution in [0, 0.1) is 0 Å². The maximum Gasteiger partial charge on any atom is 0.228 e. The highest BCUT2D eigenvalue weighted by Crippen LogP contribution is 2.28. The smallest absolute Gasteiger partial charge is 0.228 e. The van der Waals surface area contributed by atoms with Crippen LogP contribution in [0.15, 0.2) is 18.2 Å². The average Bonchev–Trinajstić information content (AvgIpc) is 2.68. The largest absolute Gasteiger partial charge is 0.326 e. The summed E-state index contributed by atoms with van der Waals surface area (Å²) in [6.45, 7) is 0.575. The van der Waals surface area contributed by atoms with Gasteiger partial charge in [0.1, 0.15) is 0 Å². The molecule has 0 bridgehead atoms. The Bertz CT molecular complexity index is 525. The third-order valence-corrected chi connectivity index (χ3v) is 3.71. The van der Waals surface area contributed by atoms with Gasteiger partial charge in [0, 0.05) is 36.7 Å². The highest BCUT2D eigenvalue weighted by Gasteiger charge is 2.29. The maximum atomic E-state index is 11.8. The molecule has 1 aliphatic carbocycles. The lowest BCUT2D eigenvalue weighted by Gasteiger charge is -2.20. The van der Waals surface area contributed by atoms with Crippen molar-refractivity contribution in [2.75, 3.05) is 11.4 Å². The summed E-state index contributed by atoms with van der Waals surface area (Å²) in [4.78, 5) is 25.3. The number of hydrogen-bond donors (Lipinski definition) is 1. The summed E-state index contributed by atoms with van der Waals surface area (Å²) in [6.07, 6.45) is 2.88. The molecule has 1 atom stereocenters. The predicted octanol–water partition coefficient (Wildman–Crippen LogP) is 1.27. The van der Waals surface area contributed by atoms with Gasteiger partial charge in [0.2, 0.25) is 5.91 Å². The monoisotopic (exact) mass is 244 g/mol. The molecule has 0 spiro atoms. The number of fused-ring (bicyclic) bond motifs is 1. The molecular formula is C14H16N2O2. The number of nitrogens with zero attached hydrogens (tertiary/aromatic N) is 1. The quantitative estimate of drug-likeness (QED) is 0.809. The van der Waals surface area contributed by atoms with Crippen LogP contribution in [0.2, 0.25) is 0 Å². The highest BCUT2D eigenvalue weighted by atomic mass is 16.2. The van der Waals surface area contributed by atoms with E-state index in [1.807, 2.05) is 18.2 Å². The SMILES string of the molecule is NC1CC(=O)N(c2ccc3c(c2)CCCC3=O)C1. The van der Waals surface area contributed by atoms with Crippen LogP contribution in [0.3, 0.4) is 0 Å². The van der Waals surface area contributed by atoms with Gasteiger partial charge in [0.15, 0.2) is 5.78 Å². The van der Waals surface area contributed by atoms with Crippen molar-refractivity contribution >= 4 is 17.4 Å². The number of carbonyl (C=O) groups is 2. The van der Waals surface area contributed by atoms with Gasteiger partial charge in [-0.15, -0.1) is 0 Å². The number of amides is 1. The van der Waals surface area contributed by atoms with Crippen LogP contribution in [0.25, 0.3) is 0 Å². The lowest BCUT2D eigenvalue weighted by molar-refractivity contribution is -0.117. The van der Waals surface area contributed by atoms with Gasteiger partial charge in [-0.25, -0.2) is 0 Å². The highest BCUT2D eigenvalue weighted by molar-refractivity contribution is 6.00. The molecule has 1 fully saturated rings. The first-order valence-electron chi connectivity index (χ1n) is 6.37. The molecule has 1 unspecified atom stereocenters. The van der Waals surface area contributed by atoms with E-state index in [0.717, 1.165) is 29.7 Å². The summed E-state index contributed by atoms with van der Waals surface area (Å²) in [5, 5.41) is 0. The summed E-state index contributed by atoms with van der Waals surface area (Å²) < 4.78 is 0. The van der Waals surface area contributed by atoms with Gasteiger partial charge in [-0.05, 0) is 36.6 Å². The normalized spacial score (nSPS) is 23.4. The number of benzene rings is 1. The first-order chi connectivity index (χ1) is 8.65. The Kier molecular flexibility index (Phi) is 2.67. The van der Waals surface area contributed by atoms with Crippen LogP contribution in [0.5, 0.6) is 0 Å². The number of rotatable bonds is 1. The van der Waals surface area contributed by atoms with Crippen molar-refractivity contribution < 1.29 is 9.59 Å². The van der Waals surface area contributed by atoms with Crippen LogP contribution >= 0.6 is 0 Å². The van der Waals surface area contributed by atoms with Crippen molar-refractivity contribution in [3.8, 4) is 0 Å². The van der Waals surface area contributed by atoms with E-state index in [1.165, 1.54) is 0 Å². The van der Waals surface area contributed by atoms with Crippen molar-refractivity contribution in [2.24, 2.45) is 5.73 Å². The van der Waals surface area contributed by atoms with E-state index >= 15 is 0 Å². The molecule has 1 aromatic carbocycles. The van der Waals surface area contributed by atoms with Crippen LogP contribution in [-0.4, -0.2) is 24.3 Å². The Morgan fingerprint density at radius 3 is 2.78 bits per heavy atom. The van der Waals surface area contributed by atoms with E-state index in [-0.39, 0.29) is 17.7 Å². The maximum absolute atomic E-state index is 11.8. The zero-order valence-corrected chi connectivity index (χ0v) is 10.2. The van der Waals surface area contributed by atoms with E-state index < -0.39 is 0 Å². The van der Waals surface area contributed by atoms with Gasteiger partial charge in [0.05, 0.1) is 0 Å². The van der Waals surface area contributed by atoms with Gasteiger partial charge >= 0.3 is 0 Å². The molecule has 0 aromatic heterocycles. The number of anilines is 1. The fourth-order valence-corrected chi connectivity index (χ4v) is 2.79. The standard InChI is InChI=1S/C14H16N2O2/c15-10-7-14(18)16(8-10)11-4-5-12-9(6-11)2-1-3-13(12)17/h4-6,10H,1-3,7-8,15H2. The molecule has 3 rings (SSSR count). The predicted molar refractivity (Wildman–Crippen MR) is 68.7 cm³/mol. The first-order valence-corrected chi connectivity index (χ1v) is 6.37. The third kappa shape index (κ3) is 1.82. The van der Waals surface area contributed by atoms with Gasteiger partial charge in [-0.2, -0.15) is 0 Å². The van der Waals surface area contributed by atoms with Crippen LogP contribution < -0.4 is 10.6 Å². The van der Waals surface area contributed by atoms with E-state index in [4.69, 9.17) is 5.73 Å². The molecule has 2 aliphatic rings. The minimum atomic E-state index is -0.0739. The zero-order valence-electron chi connectivity index (χ0n) is 10.2. The summed E-state index contributed by atoms with van der Waals surface area (Å²) >= 11 is 0. The number of aryl methyl sites for hydroxylation is 1. The Morgan fingerprint density at radius 1 is 1.22 bits per heavy atom. The molecule has 2 N–H and O–H groups in total. The topological polar surface area (TPSA) is 63.4 Å². The minimum absolute atomic E-state index is 0.0737. The van der Waals surface area contributed by atoms with E-state index in [2.05, 4.69) is 0 Å². The van der Waals surface area contributed by atoms with Crippen molar-refractivity contribution in [3.05, 3.63) is 29.3 Å². The summed E-state index contributed by atoms with van der Waals surface area (Å²) in [6, 6.07) is 5.61. The number of Topliss-reactive ketones (excluding diaryl/α,β-unsaturated/α-hetero) is 1. The molecule has 0 radical (unpaired) electrons. The van der Waals surface area contributed by atoms with E-state index in [9.17, 15) is 9.59 Å². The number of carbonyl (C=O) groups excluding carboxylic acids is 2. The third-order valence-electron chi connectivity index (χ3n) is 3.71. The van der Waals surface area contributed by atoms with Crippen molar-refractivity contribution in [1.29, 1.82) is 0 Å². The lowest BCUT2D eigenvalue weighted by Crippen LogP contribution is -2.28. The Morgan fingerprint density at radius 2 is 2.06 bits per heavy atom. The van der Waals surface area contributed by atoms with E-state index in [1.54, 1.807) is 4.90 Å². The Labute approximate surface area is 106 Å². The molecule has 1 amide bonds. The molecule has 1 saturated heterocycles. The van der Waals surface area contributed by atoms with Crippen LogP contribution in [-0.2, 0) is 11.2 Å². The molecule has 4 nitrogen and oxygen atoms in total. The fraction of sp³-hybridized carbons (Fsp3) is 0.429. The van der Waals surface area contributed by atoms with E-state index in [0.29, 0.717) is 19.4 Å². The van der Waals surface area contributed by atoms with Crippen LogP contribution in [0.1, 0.15) is 35.2 Å². The van der Waals surface area contributed by atoms with Gasteiger partial charge < -0.3 is 10.6 Å². The van der Waals surface area contributed by atoms with Gasteiger partial charge in [-0.3, -0.25) is 9.59 Å². The van der Waals surface area contributed by atoms with Crippen molar-refractivity contribution in [1.82, 2.24) is 0 Å². The molecule has 18 heavy (non-hydrogen) atoms. The molecule has 94 valence electrons. The molecular weight excluding hydrogens is 228 g/mol. The first kappa shape index (κ1) is 11.4. The lowest BCUT2D eigenvalue weighted by atomic mass is 9.90. The summed E-state index contributed by atoms with van der Waals surface area (Å²) in [7, 11) is 0. The molecule has 0 saturated carbocycles. The second kappa shape index (κ2) is 4.21. The Balaban J connectivity index is 1.95. The van der Waals surface area contributed by atoms with Crippen LogP contribution in [0.4, 0.5) is 5.69 Å². The minimum Gasteiger partial charge on any atom is -0.326 e. The zero-order chi connectivity index (χ0) is 12.7. The average molecular weight is 244 g/mol. The van der Waals surface area contributed by atoms with Gasteiger partial charge in [0.25, 0.3) is 0 Å².